The number of hydrogen-bond donors (Lipinski definition) is 2. The molecule has 0 atom stereocenters. The van der Waals surface area contributed by atoms with Gasteiger partial charge in [0.1, 0.15) is 21.5 Å². The summed E-state index contributed by atoms with van der Waals surface area (Å²) in [5.74, 6) is 0.156. The molecule has 0 fully saturated rings. The van der Waals surface area contributed by atoms with Crippen LogP contribution in [0.15, 0.2) is 60.8 Å². The molecule has 0 saturated carbocycles. The molecule has 0 spiro atoms. The summed E-state index contributed by atoms with van der Waals surface area (Å²) in [4.78, 5) is 8.85. The number of aromatic nitrogens is 1. The lowest BCUT2D eigenvalue weighted by Crippen LogP contribution is -1.85. The van der Waals surface area contributed by atoms with E-state index in [1.54, 1.807) is 42.5 Å². The van der Waals surface area contributed by atoms with Crippen molar-refractivity contribution >= 4 is 78.1 Å². The molecule has 4 aromatic rings. The van der Waals surface area contributed by atoms with Crippen molar-refractivity contribution in [3.63, 3.8) is 0 Å². The predicted octanol–water partition coefficient (Wildman–Crippen LogP) is 7.49. The van der Waals surface area contributed by atoms with Crippen LogP contribution in [0.5, 0.6) is 11.5 Å². The number of halogens is 4. The molecule has 9 heteroatoms. The molecule has 1 aromatic heterocycles. The van der Waals surface area contributed by atoms with Crippen LogP contribution in [0.3, 0.4) is 0 Å². The molecular formula is C20H10Br2Cl2N2O3. The number of phenols is 2. The Bertz CT molecular complexity index is 1290. The minimum atomic E-state index is -0.116. The van der Waals surface area contributed by atoms with E-state index in [0.717, 1.165) is 0 Å². The summed E-state index contributed by atoms with van der Waals surface area (Å²) in [6, 6.07) is 11.9. The molecule has 0 saturated heterocycles. The third-order valence-corrected chi connectivity index (χ3v) is 6.00. The summed E-state index contributed by atoms with van der Waals surface area (Å²) in [5.41, 5.74) is 2.81. The van der Waals surface area contributed by atoms with Gasteiger partial charge >= 0.3 is 0 Å². The summed E-state index contributed by atoms with van der Waals surface area (Å²) in [6.07, 6.45) is 1.49. The smallest absolute Gasteiger partial charge is 0.228 e. The number of benzene rings is 3. The molecule has 0 unspecified atom stereocenters. The topological polar surface area (TPSA) is 78.9 Å². The summed E-state index contributed by atoms with van der Waals surface area (Å²) >= 11 is 18.6. The summed E-state index contributed by atoms with van der Waals surface area (Å²) in [7, 11) is 0. The summed E-state index contributed by atoms with van der Waals surface area (Å²) in [5, 5.41) is 21.0. The number of oxazole rings is 1. The highest BCUT2D eigenvalue weighted by molar-refractivity contribution is 9.11. The first-order valence-corrected chi connectivity index (χ1v) is 10.5. The summed E-state index contributed by atoms with van der Waals surface area (Å²) < 4.78 is 6.40. The Hall–Kier alpha value is -2.06. The lowest BCUT2D eigenvalue weighted by Gasteiger charge is -2.06. The predicted molar refractivity (Wildman–Crippen MR) is 122 cm³/mol. The number of fused-ring (bicyclic) bond motifs is 1. The fraction of sp³-hybridized carbons (Fsp3) is 0. The van der Waals surface area contributed by atoms with Crippen LogP contribution in [0, 0.1) is 0 Å². The van der Waals surface area contributed by atoms with Crippen LogP contribution in [0.4, 0.5) is 5.69 Å². The normalized spacial score (nSPS) is 11.6. The zero-order valence-corrected chi connectivity index (χ0v) is 19.0. The van der Waals surface area contributed by atoms with Gasteiger partial charge in [-0.25, -0.2) is 4.98 Å². The van der Waals surface area contributed by atoms with Gasteiger partial charge in [0.2, 0.25) is 5.89 Å². The molecule has 0 bridgehead atoms. The molecular weight excluding hydrogens is 547 g/mol. The van der Waals surface area contributed by atoms with E-state index in [-0.39, 0.29) is 16.0 Å². The van der Waals surface area contributed by atoms with Gasteiger partial charge in [0.05, 0.1) is 20.7 Å². The Morgan fingerprint density at radius 2 is 1.79 bits per heavy atom. The van der Waals surface area contributed by atoms with E-state index in [9.17, 15) is 10.2 Å². The number of aromatic hydroxyl groups is 2. The Morgan fingerprint density at radius 3 is 2.59 bits per heavy atom. The number of phenolic OH excluding ortho intramolecular Hbond substituents is 2. The second-order valence-electron chi connectivity index (χ2n) is 6.01. The molecule has 3 aromatic carbocycles. The minimum Gasteiger partial charge on any atom is -0.506 e. The van der Waals surface area contributed by atoms with Gasteiger partial charge in [0, 0.05) is 16.8 Å². The van der Waals surface area contributed by atoms with Crippen LogP contribution in [0.25, 0.3) is 22.6 Å². The first-order valence-electron chi connectivity index (χ1n) is 8.13. The molecule has 1 heterocycles. The highest BCUT2D eigenvalue weighted by atomic mass is 79.9. The van der Waals surface area contributed by atoms with Gasteiger partial charge in [-0.3, -0.25) is 4.99 Å². The van der Waals surface area contributed by atoms with Crippen molar-refractivity contribution in [3.8, 4) is 23.0 Å². The van der Waals surface area contributed by atoms with Crippen molar-refractivity contribution in [2.45, 2.75) is 0 Å². The third kappa shape index (κ3) is 4.00. The van der Waals surface area contributed by atoms with Crippen LogP contribution >= 0.6 is 55.1 Å². The van der Waals surface area contributed by atoms with E-state index in [4.69, 9.17) is 27.6 Å². The van der Waals surface area contributed by atoms with E-state index in [2.05, 4.69) is 41.8 Å². The van der Waals surface area contributed by atoms with Gasteiger partial charge in [-0.2, -0.15) is 0 Å². The van der Waals surface area contributed by atoms with Gasteiger partial charge in [-0.05, 0) is 74.3 Å². The van der Waals surface area contributed by atoms with Crippen LogP contribution in [0.1, 0.15) is 5.56 Å². The van der Waals surface area contributed by atoms with Gasteiger partial charge in [-0.15, -0.1) is 0 Å². The summed E-state index contributed by atoms with van der Waals surface area (Å²) in [6.45, 7) is 0. The van der Waals surface area contributed by atoms with E-state index in [1.165, 1.54) is 6.21 Å². The fourth-order valence-corrected chi connectivity index (χ4v) is 4.16. The largest absolute Gasteiger partial charge is 0.506 e. The third-order valence-electron chi connectivity index (χ3n) is 4.08. The van der Waals surface area contributed by atoms with Crippen LogP contribution in [-0.2, 0) is 0 Å². The van der Waals surface area contributed by atoms with E-state index >= 15 is 0 Å². The van der Waals surface area contributed by atoms with Gasteiger partial charge in [0.25, 0.3) is 0 Å². The zero-order chi connectivity index (χ0) is 20.7. The van der Waals surface area contributed by atoms with Crippen LogP contribution < -0.4 is 0 Å². The maximum atomic E-state index is 10.2. The standard InChI is InChI=1S/C20H10Br2Cl2N2O3/c21-13-5-9(18(27)17(22)19(13)28)8-25-11-2-4-16-15(7-11)26-20(29-16)12-6-10(23)1-3-14(12)24/h1-8,27-28H. The molecule has 0 aliphatic carbocycles. The average Bonchev–Trinajstić information content (AvgIpc) is 3.13. The molecule has 0 aliphatic heterocycles. The highest BCUT2D eigenvalue weighted by Crippen LogP contribution is 2.41. The maximum Gasteiger partial charge on any atom is 0.228 e. The van der Waals surface area contributed by atoms with Crippen molar-refractivity contribution in [1.29, 1.82) is 0 Å². The second kappa shape index (κ2) is 7.99. The lowest BCUT2D eigenvalue weighted by molar-refractivity contribution is 0.442. The number of hydrogen-bond acceptors (Lipinski definition) is 5. The van der Waals surface area contributed by atoms with Crippen LogP contribution in [-0.4, -0.2) is 21.4 Å². The number of nitrogens with zero attached hydrogens (tertiary/aromatic N) is 2. The quantitative estimate of drug-likeness (QED) is 0.256. The molecule has 0 aliphatic rings. The second-order valence-corrected chi connectivity index (χ2v) is 8.50. The minimum absolute atomic E-state index is 0.0872. The highest BCUT2D eigenvalue weighted by Gasteiger charge is 2.14. The Labute approximate surface area is 191 Å². The molecule has 0 amide bonds. The fourth-order valence-electron chi connectivity index (χ4n) is 2.63. The molecule has 5 nitrogen and oxygen atoms in total. The van der Waals surface area contributed by atoms with E-state index in [1.807, 2.05) is 0 Å². The molecule has 0 radical (unpaired) electrons. The molecule has 29 heavy (non-hydrogen) atoms. The first kappa shape index (κ1) is 20.2. The number of aliphatic imine (C=N–C) groups is 1. The molecule has 146 valence electrons. The molecule has 2 N–H and O–H groups in total. The van der Waals surface area contributed by atoms with Crippen molar-refractivity contribution in [3.05, 3.63) is 67.0 Å². The van der Waals surface area contributed by atoms with Crippen molar-refractivity contribution in [2.24, 2.45) is 4.99 Å². The van der Waals surface area contributed by atoms with Crippen molar-refractivity contribution < 1.29 is 14.6 Å². The number of rotatable bonds is 3. The monoisotopic (exact) mass is 554 g/mol. The SMILES string of the molecule is Oc1c(Br)cc(C=Nc2ccc3oc(-c4cc(Cl)ccc4Cl)nc3c2)c(O)c1Br. The zero-order valence-electron chi connectivity index (χ0n) is 14.3. The average molecular weight is 557 g/mol. The maximum absolute atomic E-state index is 10.2. The Balaban J connectivity index is 1.70. The lowest BCUT2D eigenvalue weighted by atomic mass is 10.2. The first-order chi connectivity index (χ1) is 13.8. The van der Waals surface area contributed by atoms with Gasteiger partial charge < -0.3 is 14.6 Å². The van der Waals surface area contributed by atoms with Crippen molar-refractivity contribution in [1.82, 2.24) is 4.98 Å². The molecule has 4 rings (SSSR count). The van der Waals surface area contributed by atoms with Gasteiger partial charge in [0.15, 0.2) is 5.58 Å². The van der Waals surface area contributed by atoms with E-state index in [0.29, 0.717) is 48.3 Å². The van der Waals surface area contributed by atoms with Crippen LogP contribution in [0.2, 0.25) is 10.0 Å². The van der Waals surface area contributed by atoms with E-state index < -0.39 is 0 Å². The van der Waals surface area contributed by atoms with Crippen molar-refractivity contribution in [2.75, 3.05) is 0 Å². The van der Waals surface area contributed by atoms with Gasteiger partial charge in [-0.1, -0.05) is 23.2 Å². The Kier molecular flexibility index (Phi) is 5.57. The Morgan fingerprint density at radius 1 is 1.00 bits per heavy atom.